The Kier molecular flexibility index (Phi) is 3.39. The highest BCUT2D eigenvalue weighted by molar-refractivity contribution is 5.96. The monoisotopic (exact) mass is 233 g/mol. The Morgan fingerprint density at radius 1 is 1.35 bits per heavy atom. The van der Waals surface area contributed by atoms with Crippen LogP contribution in [0.4, 0.5) is 11.4 Å². The summed E-state index contributed by atoms with van der Waals surface area (Å²) in [6.45, 7) is 0.736. The number of nitrogens with one attached hydrogen (secondary N) is 1. The molecule has 90 valence electrons. The SMILES string of the molecule is NCC(=O)Nc1ccc(N2CCCC2=O)cc1. The Labute approximate surface area is 99.6 Å². The van der Waals surface area contributed by atoms with Gasteiger partial charge in [0.25, 0.3) is 0 Å². The average Bonchev–Trinajstić information content (AvgIpc) is 2.76. The molecule has 0 radical (unpaired) electrons. The first-order valence-electron chi connectivity index (χ1n) is 5.61. The highest BCUT2D eigenvalue weighted by Crippen LogP contribution is 2.22. The van der Waals surface area contributed by atoms with Gasteiger partial charge in [-0.1, -0.05) is 0 Å². The van der Waals surface area contributed by atoms with Crippen molar-refractivity contribution >= 4 is 23.2 Å². The molecule has 0 saturated carbocycles. The maximum absolute atomic E-state index is 11.5. The highest BCUT2D eigenvalue weighted by Gasteiger charge is 2.21. The van der Waals surface area contributed by atoms with Gasteiger partial charge >= 0.3 is 0 Å². The molecule has 17 heavy (non-hydrogen) atoms. The van der Waals surface area contributed by atoms with E-state index in [4.69, 9.17) is 5.73 Å². The lowest BCUT2D eigenvalue weighted by molar-refractivity contribution is -0.117. The van der Waals surface area contributed by atoms with Gasteiger partial charge in [0.15, 0.2) is 0 Å². The molecule has 0 spiro atoms. The second-order valence-corrected chi connectivity index (χ2v) is 3.95. The normalized spacial score (nSPS) is 15.1. The Morgan fingerprint density at radius 2 is 2.06 bits per heavy atom. The number of rotatable bonds is 3. The van der Waals surface area contributed by atoms with E-state index in [2.05, 4.69) is 5.32 Å². The third-order valence-corrected chi connectivity index (χ3v) is 2.72. The summed E-state index contributed by atoms with van der Waals surface area (Å²) in [6.07, 6.45) is 1.52. The van der Waals surface area contributed by atoms with E-state index in [9.17, 15) is 9.59 Å². The van der Waals surface area contributed by atoms with Gasteiger partial charge < -0.3 is 16.0 Å². The first-order valence-corrected chi connectivity index (χ1v) is 5.61. The van der Waals surface area contributed by atoms with Gasteiger partial charge in [0, 0.05) is 24.3 Å². The van der Waals surface area contributed by atoms with Crippen LogP contribution in [0.15, 0.2) is 24.3 Å². The third-order valence-electron chi connectivity index (χ3n) is 2.72. The topological polar surface area (TPSA) is 75.4 Å². The molecule has 0 unspecified atom stereocenters. The number of carbonyl (C=O) groups excluding carboxylic acids is 2. The van der Waals surface area contributed by atoms with E-state index in [1.54, 1.807) is 17.0 Å². The van der Waals surface area contributed by atoms with Crippen LogP contribution in [0.3, 0.4) is 0 Å². The number of nitrogens with two attached hydrogens (primary N) is 1. The van der Waals surface area contributed by atoms with Crippen LogP contribution in [0.5, 0.6) is 0 Å². The second kappa shape index (κ2) is 4.97. The zero-order valence-electron chi connectivity index (χ0n) is 9.48. The predicted octanol–water partition coefficient (Wildman–Crippen LogP) is 0.711. The van der Waals surface area contributed by atoms with E-state index < -0.39 is 0 Å². The molecule has 0 bridgehead atoms. The number of anilines is 2. The zero-order chi connectivity index (χ0) is 12.3. The Hall–Kier alpha value is -1.88. The van der Waals surface area contributed by atoms with Crippen molar-refractivity contribution in [3.05, 3.63) is 24.3 Å². The van der Waals surface area contributed by atoms with Crippen LogP contribution in [0, 0.1) is 0 Å². The average molecular weight is 233 g/mol. The minimum Gasteiger partial charge on any atom is -0.325 e. The zero-order valence-corrected chi connectivity index (χ0v) is 9.48. The van der Waals surface area contributed by atoms with Gasteiger partial charge in [0.2, 0.25) is 11.8 Å². The van der Waals surface area contributed by atoms with Gasteiger partial charge in [-0.05, 0) is 30.7 Å². The Bertz CT molecular complexity index is 428. The van der Waals surface area contributed by atoms with Crippen molar-refractivity contribution in [3.8, 4) is 0 Å². The van der Waals surface area contributed by atoms with Gasteiger partial charge in [-0.3, -0.25) is 9.59 Å². The van der Waals surface area contributed by atoms with Crippen LogP contribution in [-0.2, 0) is 9.59 Å². The molecule has 0 atom stereocenters. The molecule has 5 heteroatoms. The molecule has 1 aromatic rings. The molecule has 2 rings (SSSR count). The molecule has 1 aliphatic heterocycles. The molecule has 1 aliphatic rings. The number of nitrogens with zero attached hydrogens (tertiary/aromatic N) is 1. The molecule has 1 saturated heterocycles. The molecule has 0 aromatic heterocycles. The highest BCUT2D eigenvalue weighted by atomic mass is 16.2. The fourth-order valence-electron chi connectivity index (χ4n) is 1.86. The summed E-state index contributed by atoms with van der Waals surface area (Å²) < 4.78 is 0. The van der Waals surface area contributed by atoms with E-state index in [0.717, 1.165) is 18.7 Å². The number of carbonyl (C=O) groups is 2. The smallest absolute Gasteiger partial charge is 0.238 e. The summed E-state index contributed by atoms with van der Waals surface area (Å²) in [5.74, 6) is -0.0706. The quantitative estimate of drug-likeness (QED) is 0.807. The van der Waals surface area contributed by atoms with Crippen LogP contribution < -0.4 is 16.0 Å². The van der Waals surface area contributed by atoms with Crippen LogP contribution in [0.2, 0.25) is 0 Å². The summed E-state index contributed by atoms with van der Waals surface area (Å²) in [4.78, 5) is 24.4. The maximum atomic E-state index is 11.5. The summed E-state index contributed by atoms with van der Waals surface area (Å²) in [6, 6.07) is 7.20. The van der Waals surface area contributed by atoms with Crippen molar-refractivity contribution in [2.24, 2.45) is 5.73 Å². The minimum atomic E-state index is -0.227. The van der Waals surface area contributed by atoms with Crippen molar-refractivity contribution in [2.45, 2.75) is 12.8 Å². The molecule has 1 heterocycles. The van der Waals surface area contributed by atoms with Gasteiger partial charge in [-0.2, -0.15) is 0 Å². The largest absolute Gasteiger partial charge is 0.325 e. The van der Waals surface area contributed by atoms with Gasteiger partial charge in [0.05, 0.1) is 6.54 Å². The number of benzene rings is 1. The molecule has 1 aromatic carbocycles. The van der Waals surface area contributed by atoms with Crippen molar-refractivity contribution in [1.29, 1.82) is 0 Å². The summed E-state index contributed by atoms with van der Waals surface area (Å²) in [7, 11) is 0. The Balaban J connectivity index is 2.07. The molecular formula is C12H15N3O2. The number of amides is 2. The lowest BCUT2D eigenvalue weighted by Crippen LogP contribution is -2.24. The van der Waals surface area contributed by atoms with Crippen LogP contribution >= 0.6 is 0 Å². The van der Waals surface area contributed by atoms with Gasteiger partial charge in [-0.15, -0.1) is 0 Å². The molecule has 5 nitrogen and oxygen atoms in total. The van der Waals surface area contributed by atoms with Crippen molar-refractivity contribution < 1.29 is 9.59 Å². The molecule has 3 N–H and O–H groups in total. The second-order valence-electron chi connectivity index (χ2n) is 3.95. The lowest BCUT2D eigenvalue weighted by atomic mass is 10.2. The Morgan fingerprint density at radius 3 is 2.59 bits per heavy atom. The van der Waals surface area contributed by atoms with Gasteiger partial charge in [0.1, 0.15) is 0 Å². The van der Waals surface area contributed by atoms with Crippen LogP contribution in [0.1, 0.15) is 12.8 Å². The van der Waals surface area contributed by atoms with E-state index >= 15 is 0 Å². The van der Waals surface area contributed by atoms with E-state index in [1.165, 1.54) is 0 Å². The summed E-state index contributed by atoms with van der Waals surface area (Å²) in [5, 5.41) is 2.65. The third kappa shape index (κ3) is 2.62. The summed E-state index contributed by atoms with van der Waals surface area (Å²) in [5.41, 5.74) is 6.77. The first-order chi connectivity index (χ1) is 8.20. The lowest BCUT2D eigenvalue weighted by Gasteiger charge is -2.16. The van der Waals surface area contributed by atoms with E-state index in [-0.39, 0.29) is 18.4 Å². The molecular weight excluding hydrogens is 218 g/mol. The van der Waals surface area contributed by atoms with Crippen molar-refractivity contribution in [2.75, 3.05) is 23.3 Å². The number of hydrogen-bond acceptors (Lipinski definition) is 3. The van der Waals surface area contributed by atoms with Crippen LogP contribution in [-0.4, -0.2) is 24.9 Å². The van der Waals surface area contributed by atoms with Gasteiger partial charge in [-0.25, -0.2) is 0 Å². The van der Waals surface area contributed by atoms with Crippen molar-refractivity contribution in [3.63, 3.8) is 0 Å². The molecule has 0 aliphatic carbocycles. The number of hydrogen-bond donors (Lipinski definition) is 2. The molecule has 2 amide bonds. The maximum Gasteiger partial charge on any atom is 0.238 e. The van der Waals surface area contributed by atoms with Crippen LogP contribution in [0.25, 0.3) is 0 Å². The predicted molar refractivity (Wildman–Crippen MR) is 65.7 cm³/mol. The summed E-state index contributed by atoms with van der Waals surface area (Å²) >= 11 is 0. The minimum absolute atomic E-state index is 0.0354. The van der Waals surface area contributed by atoms with E-state index in [0.29, 0.717) is 12.1 Å². The fourth-order valence-corrected chi connectivity index (χ4v) is 1.86. The molecule has 1 fully saturated rings. The van der Waals surface area contributed by atoms with Crippen molar-refractivity contribution in [1.82, 2.24) is 0 Å². The van der Waals surface area contributed by atoms with E-state index in [1.807, 2.05) is 12.1 Å². The standard InChI is InChI=1S/C12H15N3O2/c13-8-11(16)14-9-3-5-10(6-4-9)15-7-1-2-12(15)17/h3-6H,1-2,7-8,13H2,(H,14,16). The fraction of sp³-hybridized carbons (Fsp3) is 0.333. The first kappa shape index (κ1) is 11.6.